The van der Waals surface area contributed by atoms with Gasteiger partial charge in [0.15, 0.2) is 22.9 Å². The fourth-order valence-electron chi connectivity index (χ4n) is 3.10. The number of hydrogen-bond acceptors (Lipinski definition) is 7. The van der Waals surface area contributed by atoms with Crippen molar-refractivity contribution in [3.63, 3.8) is 0 Å². The van der Waals surface area contributed by atoms with Crippen LogP contribution in [0.25, 0.3) is 0 Å². The molecule has 0 atom stereocenters. The monoisotopic (exact) mass is 412 g/mol. The molecule has 0 spiro atoms. The molecule has 0 radical (unpaired) electrons. The van der Waals surface area contributed by atoms with E-state index in [0.29, 0.717) is 22.8 Å². The van der Waals surface area contributed by atoms with Crippen molar-refractivity contribution in [1.82, 2.24) is 9.13 Å². The van der Waals surface area contributed by atoms with Crippen LogP contribution in [-0.4, -0.2) is 30.5 Å². The minimum Gasteiger partial charge on any atom is -0.493 e. The number of benzene rings is 1. The smallest absolute Gasteiger partial charge is 0.317 e. The largest absolute Gasteiger partial charge is 0.493 e. The fourth-order valence-corrected chi connectivity index (χ4v) is 3.10. The molecule has 2 aromatic rings. The summed E-state index contributed by atoms with van der Waals surface area (Å²) in [4.78, 5) is 25.6. The highest BCUT2D eigenvalue weighted by molar-refractivity contribution is 5.54. The first-order chi connectivity index (χ1) is 14.1. The van der Waals surface area contributed by atoms with Gasteiger partial charge in [-0.05, 0) is 23.1 Å². The van der Waals surface area contributed by atoms with Gasteiger partial charge in [0.25, 0.3) is 0 Å². The van der Waals surface area contributed by atoms with Crippen molar-refractivity contribution >= 4 is 0 Å². The molecule has 158 valence electrons. The lowest BCUT2D eigenvalue weighted by molar-refractivity contribution is 0.323. The van der Waals surface area contributed by atoms with Crippen molar-refractivity contribution in [2.24, 2.45) is 5.41 Å². The number of aromatic nitrogens is 2. The second-order valence-corrected chi connectivity index (χ2v) is 7.80. The van der Waals surface area contributed by atoms with Gasteiger partial charge < -0.3 is 14.2 Å². The van der Waals surface area contributed by atoms with E-state index in [0.717, 1.165) is 9.13 Å². The molecule has 0 bridgehead atoms. The third-order valence-corrected chi connectivity index (χ3v) is 4.35. The Morgan fingerprint density at radius 2 is 1.33 bits per heavy atom. The Balaban J connectivity index is 2.75. The molecular formula is C21H24N4O5. The van der Waals surface area contributed by atoms with Gasteiger partial charge in [-0.15, -0.1) is 0 Å². The van der Waals surface area contributed by atoms with Crippen LogP contribution in [0.5, 0.6) is 17.2 Å². The topological polar surface area (TPSA) is 119 Å². The number of ether oxygens (including phenoxy) is 3. The van der Waals surface area contributed by atoms with Crippen molar-refractivity contribution in [1.29, 1.82) is 10.5 Å². The zero-order valence-electron chi connectivity index (χ0n) is 17.9. The lowest BCUT2D eigenvalue weighted by atomic mass is 9.96. The Morgan fingerprint density at radius 3 is 1.73 bits per heavy atom. The van der Waals surface area contributed by atoms with Crippen LogP contribution >= 0.6 is 0 Å². The predicted octanol–water partition coefficient (Wildman–Crippen LogP) is 1.87. The van der Waals surface area contributed by atoms with E-state index >= 15 is 0 Å². The van der Waals surface area contributed by atoms with Crippen LogP contribution < -0.4 is 25.3 Å². The summed E-state index contributed by atoms with van der Waals surface area (Å²) in [6.07, 6.45) is 0. The van der Waals surface area contributed by atoms with Crippen LogP contribution in [0.1, 0.15) is 37.7 Å². The molecule has 0 saturated carbocycles. The van der Waals surface area contributed by atoms with Gasteiger partial charge >= 0.3 is 11.1 Å². The van der Waals surface area contributed by atoms with E-state index in [4.69, 9.17) is 14.2 Å². The van der Waals surface area contributed by atoms with Crippen LogP contribution in [0.15, 0.2) is 21.7 Å². The van der Waals surface area contributed by atoms with E-state index in [1.165, 1.54) is 21.3 Å². The highest BCUT2D eigenvalue weighted by atomic mass is 16.5. The average molecular weight is 412 g/mol. The van der Waals surface area contributed by atoms with Crippen molar-refractivity contribution in [2.45, 2.75) is 33.9 Å². The molecule has 9 nitrogen and oxygen atoms in total. The molecule has 2 rings (SSSR count). The van der Waals surface area contributed by atoms with Gasteiger partial charge in [-0.1, -0.05) is 20.8 Å². The maximum atomic E-state index is 12.8. The molecule has 1 heterocycles. The van der Waals surface area contributed by atoms with Gasteiger partial charge in [0.2, 0.25) is 5.75 Å². The molecule has 0 amide bonds. The second-order valence-electron chi connectivity index (χ2n) is 7.80. The summed E-state index contributed by atoms with van der Waals surface area (Å²) in [6.45, 7) is 5.61. The quantitative estimate of drug-likeness (QED) is 0.664. The molecule has 0 N–H and O–H groups in total. The maximum Gasteiger partial charge on any atom is 0.317 e. The van der Waals surface area contributed by atoms with Crippen molar-refractivity contribution in [2.75, 3.05) is 21.3 Å². The molecule has 0 fully saturated rings. The first-order valence-electron chi connectivity index (χ1n) is 9.08. The standard InChI is InChI=1S/C21H24N4O5/c1-21(2,3)12-25-15(10-23)14(9-22)24(19(26)20(25)27)11-13-7-16(28-4)18(30-6)17(8-13)29-5/h7-8H,11-12H2,1-6H3. The fraction of sp³-hybridized carbons (Fsp3) is 0.429. The molecule has 1 aromatic heterocycles. The SMILES string of the molecule is COc1cc(Cn2c(C#N)c(C#N)n(CC(C)(C)C)c(=O)c2=O)cc(OC)c1OC. The summed E-state index contributed by atoms with van der Waals surface area (Å²) in [7, 11) is 4.37. The highest BCUT2D eigenvalue weighted by Gasteiger charge is 2.23. The normalized spacial score (nSPS) is 10.8. The van der Waals surface area contributed by atoms with Gasteiger partial charge in [0.1, 0.15) is 12.1 Å². The second kappa shape index (κ2) is 8.75. The maximum absolute atomic E-state index is 12.8. The Bertz CT molecular complexity index is 1130. The Kier molecular flexibility index (Phi) is 6.58. The lowest BCUT2D eigenvalue weighted by Crippen LogP contribution is -2.45. The van der Waals surface area contributed by atoms with Crippen molar-refractivity contribution < 1.29 is 14.2 Å². The van der Waals surface area contributed by atoms with Gasteiger partial charge in [0, 0.05) is 6.54 Å². The number of nitrogens with zero attached hydrogens (tertiary/aromatic N) is 4. The Morgan fingerprint density at radius 1 is 0.867 bits per heavy atom. The van der Waals surface area contributed by atoms with Crippen LogP contribution in [-0.2, 0) is 13.1 Å². The minimum absolute atomic E-state index is 0.126. The summed E-state index contributed by atoms with van der Waals surface area (Å²) >= 11 is 0. The van der Waals surface area contributed by atoms with E-state index in [9.17, 15) is 20.1 Å². The number of methoxy groups -OCH3 is 3. The Hall–Kier alpha value is -3.72. The summed E-state index contributed by atoms with van der Waals surface area (Å²) in [5, 5.41) is 19.3. The molecular weight excluding hydrogens is 388 g/mol. The number of hydrogen-bond donors (Lipinski definition) is 0. The zero-order chi connectivity index (χ0) is 22.6. The molecule has 30 heavy (non-hydrogen) atoms. The van der Waals surface area contributed by atoms with Crippen LogP contribution in [0.2, 0.25) is 0 Å². The highest BCUT2D eigenvalue weighted by Crippen LogP contribution is 2.38. The predicted molar refractivity (Wildman–Crippen MR) is 109 cm³/mol. The van der Waals surface area contributed by atoms with E-state index in [1.54, 1.807) is 12.1 Å². The third-order valence-electron chi connectivity index (χ3n) is 4.35. The van der Waals surface area contributed by atoms with Crippen molar-refractivity contribution in [3.8, 4) is 29.4 Å². The minimum atomic E-state index is -0.886. The summed E-state index contributed by atoms with van der Waals surface area (Å²) in [5.74, 6) is 1.09. The molecule has 9 heteroatoms. The van der Waals surface area contributed by atoms with E-state index < -0.39 is 11.1 Å². The zero-order valence-corrected chi connectivity index (χ0v) is 17.9. The van der Waals surface area contributed by atoms with Gasteiger partial charge in [-0.3, -0.25) is 18.7 Å². The number of nitriles is 2. The van der Waals surface area contributed by atoms with Gasteiger partial charge in [-0.25, -0.2) is 0 Å². The molecule has 0 aliphatic rings. The summed E-state index contributed by atoms with van der Waals surface area (Å²) in [6, 6.07) is 7.04. The third kappa shape index (κ3) is 4.31. The first kappa shape index (κ1) is 22.6. The molecule has 1 aromatic carbocycles. The van der Waals surface area contributed by atoms with Gasteiger partial charge in [0.05, 0.1) is 27.9 Å². The molecule has 0 aliphatic carbocycles. The van der Waals surface area contributed by atoms with E-state index in [1.807, 2.05) is 32.9 Å². The van der Waals surface area contributed by atoms with E-state index in [-0.39, 0.29) is 29.9 Å². The molecule has 0 saturated heterocycles. The van der Waals surface area contributed by atoms with Crippen molar-refractivity contribution in [3.05, 3.63) is 49.8 Å². The van der Waals surface area contributed by atoms with Crippen LogP contribution in [0, 0.1) is 28.1 Å². The molecule has 0 aliphatic heterocycles. The summed E-state index contributed by atoms with van der Waals surface area (Å²) < 4.78 is 18.0. The number of rotatable bonds is 6. The average Bonchev–Trinajstić information content (AvgIpc) is 2.71. The lowest BCUT2D eigenvalue weighted by Gasteiger charge is -2.22. The van der Waals surface area contributed by atoms with Gasteiger partial charge in [-0.2, -0.15) is 10.5 Å². The van der Waals surface area contributed by atoms with Crippen LogP contribution in [0.4, 0.5) is 0 Å². The Labute approximate surface area is 174 Å². The molecule has 0 unspecified atom stereocenters. The first-order valence-corrected chi connectivity index (χ1v) is 9.08. The van der Waals surface area contributed by atoms with Crippen LogP contribution in [0.3, 0.4) is 0 Å². The van der Waals surface area contributed by atoms with E-state index in [2.05, 4.69) is 0 Å². The summed E-state index contributed by atoms with van der Waals surface area (Å²) in [5.41, 5.74) is -1.92.